The second kappa shape index (κ2) is 7.73. The van der Waals surface area contributed by atoms with Gasteiger partial charge in [-0.05, 0) is 13.3 Å². The van der Waals surface area contributed by atoms with Crippen LogP contribution in [0.15, 0.2) is 6.33 Å². The quantitative estimate of drug-likeness (QED) is 0.400. The van der Waals surface area contributed by atoms with Gasteiger partial charge in [0.1, 0.15) is 6.04 Å². The number of carbonyl (C=O) groups excluding carboxylic acids is 3. The van der Waals surface area contributed by atoms with Crippen molar-refractivity contribution in [2.75, 3.05) is 13.1 Å². The summed E-state index contributed by atoms with van der Waals surface area (Å²) in [5, 5.41) is 17.5. The summed E-state index contributed by atoms with van der Waals surface area (Å²) in [4.78, 5) is 41.4. The van der Waals surface area contributed by atoms with Gasteiger partial charge < -0.3 is 26.0 Å². The van der Waals surface area contributed by atoms with E-state index in [1.54, 1.807) is 0 Å². The maximum Gasteiger partial charge on any atom is 0.242 e. The summed E-state index contributed by atoms with van der Waals surface area (Å²) in [6.07, 6.45) is 1.54. The van der Waals surface area contributed by atoms with Crippen LogP contribution in [0.5, 0.6) is 0 Å². The average Bonchev–Trinajstić information content (AvgIpc) is 3.12. The van der Waals surface area contributed by atoms with E-state index in [1.165, 1.54) is 6.33 Å². The molecule has 0 spiro atoms. The molecule has 23 heavy (non-hydrogen) atoms. The summed E-state index contributed by atoms with van der Waals surface area (Å²) in [6, 6.07) is -0.535. The Hall–Kier alpha value is -2.42. The van der Waals surface area contributed by atoms with Crippen molar-refractivity contribution in [1.29, 1.82) is 0 Å². The number of carbonyl (C=O) groups is 3. The summed E-state index contributed by atoms with van der Waals surface area (Å²) in [5.74, 6) is -0.728. The molecule has 1 fully saturated rings. The molecule has 2 heterocycles. The second-order valence-corrected chi connectivity index (χ2v) is 5.51. The minimum Gasteiger partial charge on any atom is -0.389 e. The maximum atomic E-state index is 11.7. The number of aliphatic hydroxyl groups excluding tert-OH is 1. The number of nitrogens with zero attached hydrogens (tertiary/aromatic N) is 1. The Morgan fingerprint density at radius 2 is 2.17 bits per heavy atom. The van der Waals surface area contributed by atoms with Gasteiger partial charge >= 0.3 is 0 Å². The van der Waals surface area contributed by atoms with Crippen molar-refractivity contribution >= 4 is 17.7 Å². The number of aromatic nitrogens is 2. The number of aryl methyl sites for hydroxylation is 1. The van der Waals surface area contributed by atoms with Gasteiger partial charge in [-0.3, -0.25) is 14.4 Å². The molecule has 9 nitrogen and oxygen atoms in total. The largest absolute Gasteiger partial charge is 0.389 e. The van der Waals surface area contributed by atoms with Gasteiger partial charge in [-0.25, -0.2) is 4.98 Å². The van der Waals surface area contributed by atoms with Gasteiger partial charge in [-0.1, -0.05) is 0 Å². The minimum absolute atomic E-state index is 0.00686. The summed E-state index contributed by atoms with van der Waals surface area (Å²) >= 11 is 0. The van der Waals surface area contributed by atoms with Crippen LogP contribution in [0, 0.1) is 6.92 Å². The van der Waals surface area contributed by atoms with E-state index in [0.717, 1.165) is 5.69 Å². The predicted octanol–water partition coefficient (Wildman–Crippen LogP) is -1.87. The third-order valence-corrected chi connectivity index (χ3v) is 3.62. The Morgan fingerprint density at radius 3 is 2.78 bits per heavy atom. The molecule has 0 bridgehead atoms. The van der Waals surface area contributed by atoms with Crippen LogP contribution in [0.2, 0.25) is 0 Å². The zero-order chi connectivity index (χ0) is 16.8. The molecule has 1 aliphatic heterocycles. The highest BCUT2D eigenvalue weighted by atomic mass is 16.3. The van der Waals surface area contributed by atoms with E-state index in [0.29, 0.717) is 18.5 Å². The molecule has 126 valence electrons. The molecule has 0 saturated carbocycles. The molecule has 1 unspecified atom stereocenters. The number of rotatable bonds is 7. The Morgan fingerprint density at radius 1 is 1.43 bits per heavy atom. The van der Waals surface area contributed by atoms with Crippen molar-refractivity contribution in [2.24, 2.45) is 0 Å². The standard InChI is InChI=1S/C14H21N5O4/c1-8-11(18-7-17-8)4-13(22)15-5-9(20)6-16-14(23)10-2-3-12(21)19-10/h7,9-10,20H,2-6H2,1H3,(H,15,22)(H,16,23)(H,17,18)(H,19,21)/t9?,10-/m1/s1. The van der Waals surface area contributed by atoms with Crippen LogP contribution in [0.25, 0.3) is 0 Å². The first-order valence-electron chi connectivity index (χ1n) is 7.46. The van der Waals surface area contributed by atoms with Gasteiger partial charge in [0.2, 0.25) is 17.7 Å². The molecular formula is C14H21N5O4. The highest BCUT2D eigenvalue weighted by Crippen LogP contribution is 2.06. The van der Waals surface area contributed by atoms with Crippen molar-refractivity contribution in [3.05, 3.63) is 17.7 Å². The molecule has 1 aliphatic rings. The second-order valence-electron chi connectivity index (χ2n) is 5.51. The highest BCUT2D eigenvalue weighted by Gasteiger charge is 2.27. The molecule has 3 amide bonds. The van der Waals surface area contributed by atoms with E-state index in [-0.39, 0.29) is 37.2 Å². The van der Waals surface area contributed by atoms with E-state index in [1.807, 2.05) is 6.92 Å². The molecule has 1 saturated heterocycles. The average molecular weight is 323 g/mol. The molecule has 0 radical (unpaired) electrons. The number of hydrogen-bond acceptors (Lipinski definition) is 5. The van der Waals surface area contributed by atoms with Gasteiger partial charge in [0, 0.05) is 25.2 Å². The summed E-state index contributed by atoms with van der Waals surface area (Å²) in [6.45, 7) is 1.86. The van der Waals surface area contributed by atoms with Gasteiger partial charge in [-0.2, -0.15) is 0 Å². The predicted molar refractivity (Wildman–Crippen MR) is 80.2 cm³/mol. The topological polar surface area (TPSA) is 136 Å². The Bertz CT molecular complexity index is 585. The van der Waals surface area contributed by atoms with Crippen LogP contribution < -0.4 is 16.0 Å². The van der Waals surface area contributed by atoms with E-state index >= 15 is 0 Å². The van der Waals surface area contributed by atoms with E-state index < -0.39 is 12.1 Å². The fourth-order valence-electron chi connectivity index (χ4n) is 2.24. The lowest BCUT2D eigenvalue weighted by Gasteiger charge is -2.15. The van der Waals surface area contributed by atoms with Gasteiger partial charge in [0.25, 0.3) is 0 Å². The Balaban J connectivity index is 1.64. The normalized spacial score (nSPS) is 18.3. The molecular weight excluding hydrogens is 302 g/mol. The molecule has 0 aliphatic carbocycles. The fourth-order valence-corrected chi connectivity index (χ4v) is 2.24. The molecule has 5 N–H and O–H groups in total. The third kappa shape index (κ3) is 5.06. The van der Waals surface area contributed by atoms with Gasteiger partial charge in [0.15, 0.2) is 0 Å². The van der Waals surface area contributed by atoms with Crippen LogP contribution >= 0.6 is 0 Å². The van der Waals surface area contributed by atoms with Crippen molar-refractivity contribution < 1.29 is 19.5 Å². The summed E-state index contributed by atoms with van der Waals surface area (Å²) in [7, 11) is 0. The fraction of sp³-hybridized carbons (Fsp3) is 0.571. The first-order valence-corrected chi connectivity index (χ1v) is 7.46. The van der Waals surface area contributed by atoms with E-state index in [9.17, 15) is 19.5 Å². The number of H-pyrrole nitrogens is 1. The number of amides is 3. The van der Waals surface area contributed by atoms with Crippen molar-refractivity contribution in [3.8, 4) is 0 Å². The van der Waals surface area contributed by atoms with Crippen LogP contribution in [-0.2, 0) is 20.8 Å². The van der Waals surface area contributed by atoms with Crippen molar-refractivity contribution in [3.63, 3.8) is 0 Å². The zero-order valence-electron chi connectivity index (χ0n) is 12.9. The number of imidazole rings is 1. The van der Waals surface area contributed by atoms with Crippen LogP contribution in [0.3, 0.4) is 0 Å². The number of hydrogen-bond donors (Lipinski definition) is 5. The smallest absolute Gasteiger partial charge is 0.242 e. The number of nitrogens with one attached hydrogen (secondary N) is 4. The third-order valence-electron chi connectivity index (χ3n) is 3.62. The molecule has 1 aromatic heterocycles. The van der Waals surface area contributed by atoms with Gasteiger partial charge in [0.05, 0.1) is 24.5 Å². The zero-order valence-corrected chi connectivity index (χ0v) is 12.9. The number of aromatic amines is 1. The molecule has 9 heteroatoms. The first-order chi connectivity index (χ1) is 11.0. The lowest BCUT2D eigenvalue weighted by molar-refractivity contribution is -0.126. The van der Waals surface area contributed by atoms with Crippen molar-refractivity contribution in [2.45, 2.75) is 38.3 Å². The van der Waals surface area contributed by atoms with E-state index in [2.05, 4.69) is 25.9 Å². The van der Waals surface area contributed by atoms with Crippen LogP contribution in [0.1, 0.15) is 24.2 Å². The summed E-state index contributed by atoms with van der Waals surface area (Å²) in [5.41, 5.74) is 1.48. The molecule has 2 rings (SSSR count). The van der Waals surface area contributed by atoms with Gasteiger partial charge in [-0.15, -0.1) is 0 Å². The Labute approximate surface area is 133 Å². The lowest BCUT2D eigenvalue weighted by Crippen LogP contribution is -2.46. The van der Waals surface area contributed by atoms with Crippen LogP contribution in [0.4, 0.5) is 0 Å². The monoisotopic (exact) mass is 323 g/mol. The SMILES string of the molecule is Cc1[nH]cnc1CC(=O)NCC(O)CNC(=O)[C@H]1CCC(=O)N1. The molecule has 2 atom stereocenters. The maximum absolute atomic E-state index is 11.7. The first kappa shape index (κ1) is 16.9. The lowest BCUT2D eigenvalue weighted by atomic mass is 10.2. The van der Waals surface area contributed by atoms with Crippen LogP contribution in [-0.4, -0.2) is 58.0 Å². The highest BCUT2D eigenvalue weighted by molar-refractivity contribution is 5.90. The number of aliphatic hydroxyl groups is 1. The van der Waals surface area contributed by atoms with E-state index in [4.69, 9.17) is 0 Å². The summed E-state index contributed by atoms with van der Waals surface area (Å²) < 4.78 is 0. The minimum atomic E-state index is -0.903. The molecule has 1 aromatic rings. The van der Waals surface area contributed by atoms with Crippen molar-refractivity contribution in [1.82, 2.24) is 25.9 Å². The molecule has 0 aromatic carbocycles. The Kier molecular flexibility index (Phi) is 5.69.